The van der Waals surface area contributed by atoms with Crippen molar-refractivity contribution in [1.82, 2.24) is 0 Å². The van der Waals surface area contributed by atoms with E-state index in [9.17, 15) is 14.4 Å². The molecule has 3 aromatic carbocycles. The van der Waals surface area contributed by atoms with Crippen molar-refractivity contribution in [2.75, 3.05) is 18.5 Å². The lowest BCUT2D eigenvalue weighted by atomic mass is 10.1. The number of esters is 1. The number of amides is 1. The Hall–Kier alpha value is -3.93. The van der Waals surface area contributed by atoms with E-state index in [0.29, 0.717) is 17.0 Å². The molecule has 6 nitrogen and oxygen atoms in total. The van der Waals surface area contributed by atoms with Gasteiger partial charge in [-0.15, -0.1) is 0 Å². The Balaban J connectivity index is 1.48. The van der Waals surface area contributed by atoms with Gasteiger partial charge in [0.2, 0.25) is 0 Å². The van der Waals surface area contributed by atoms with Crippen LogP contribution in [0.3, 0.4) is 0 Å². The number of Topliss-reactive ketones (excluding diaryl/α,β-unsaturated/α-hetero) is 1. The number of carbonyl (C=O) groups excluding carboxylic acids is 3. The van der Waals surface area contributed by atoms with Gasteiger partial charge in [0, 0.05) is 16.8 Å². The number of hydrogen-bond acceptors (Lipinski definition) is 5. The van der Waals surface area contributed by atoms with E-state index in [0.717, 1.165) is 11.1 Å². The number of carbonyl (C=O) groups is 3. The van der Waals surface area contributed by atoms with Gasteiger partial charge in [-0.1, -0.05) is 48.5 Å². The highest BCUT2D eigenvalue weighted by atomic mass is 16.6. The van der Waals surface area contributed by atoms with Crippen LogP contribution in [-0.2, 0) is 14.3 Å². The monoisotopic (exact) mass is 403 g/mol. The second kappa shape index (κ2) is 10.0. The Bertz CT molecular complexity index is 1030. The molecule has 0 aliphatic rings. The van der Waals surface area contributed by atoms with Gasteiger partial charge in [0.05, 0.1) is 0 Å². The van der Waals surface area contributed by atoms with Crippen LogP contribution in [0.5, 0.6) is 5.75 Å². The molecule has 6 heteroatoms. The molecule has 0 spiro atoms. The molecule has 0 aliphatic carbocycles. The lowest BCUT2D eigenvalue weighted by molar-refractivity contribution is -0.149. The Morgan fingerprint density at radius 3 is 2.17 bits per heavy atom. The van der Waals surface area contributed by atoms with E-state index >= 15 is 0 Å². The van der Waals surface area contributed by atoms with E-state index in [-0.39, 0.29) is 12.4 Å². The van der Waals surface area contributed by atoms with E-state index in [2.05, 4.69) is 5.32 Å². The molecule has 0 unspecified atom stereocenters. The second-order valence-corrected chi connectivity index (χ2v) is 6.49. The normalized spacial score (nSPS) is 10.2. The SMILES string of the molecule is CC(=O)c1ccc(NC(=O)COC(=O)COc2ccccc2-c2ccccc2)cc1. The lowest BCUT2D eigenvalue weighted by Gasteiger charge is -2.11. The first-order valence-electron chi connectivity index (χ1n) is 9.36. The highest BCUT2D eigenvalue weighted by molar-refractivity contribution is 5.96. The van der Waals surface area contributed by atoms with Crippen molar-refractivity contribution < 1.29 is 23.9 Å². The Kier molecular flexibility index (Phi) is 6.95. The van der Waals surface area contributed by atoms with Crippen molar-refractivity contribution in [3.8, 4) is 16.9 Å². The molecular weight excluding hydrogens is 382 g/mol. The number of ether oxygens (including phenoxy) is 2. The maximum absolute atomic E-state index is 12.0. The van der Waals surface area contributed by atoms with Gasteiger partial charge in [-0.25, -0.2) is 4.79 Å². The summed E-state index contributed by atoms with van der Waals surface area (Å²) in [5, 5.41) is 2.60. The van der Waals surface area contributed by atoms with Gasteiger partial charge in [0.1, 0.15) is 5.75 Å². The minimum absolute atomic E-state index is 0.0596. The number of anilines is 1. The Morgan fingerprint density at radius 2 is 1.47 bits per heavy atom. The van der Waals surface area contributed by atoms with E-state index in [1.807, 2.05) is 48.5 Å². The standard InChI is InChI=1S/C24H21NO5/c1-17(26)18-11-13-20(14-12-18)25-23(27)15-30-24(28)16-29-22-10-6-5-9-21(22)19-7-3-2-4-8-19/h2-14H,15-16H2,1H3,(H,25,27). The third kappa shape index (κ3) is 5.78. The van der Waals surface area contributed by atoms with Crippen molar-refractivity contribution in [2.24, 2.45) is 0 Å². The van der Waals surface area contributed by atoms with Crippen LogP contribution in [0.2, 0.25) is 0 Å². The number of nitrogens with one attached hydrogen (secondary N) is 1. The van der Waals surface area contributed by atoms with Crippen molar-refractivity contribution >= 4 is 23.3 Å². The minimum Gasteiger partial charge on any atom is -0.481 e. The predicted octanol–water partition coefficient (Wildman–Crippen LogP) is 4.12. The van der Waals surface area contributed by atoms with Gasteiger partial charge < -0.3 is 14.8 Å². The quantitative estimate of drug-likeness (QED) is 0.452. The maximum Gasteiger partial charge on any atom is 0.344 e. The van der Waals surface area contributed by atoms with E-state index < -0.39 is 18.5 Å². The summed E-state index contributed by atoms with van der Waals surface area (Å²) in [6, 6.07) is 23.5. The zero-order chi connectivity index (χ0) is 21.3. The zero-order valence-electron chi connectivity index (χ0n) is 16.5. The number of hydrogen-bond donors (Lipinski definition) is 1. The number of benzene rings is 3. The average molecular weight is 403 g/mol. The third-order valence-corrected chi connectivity index (χ3v) is 4.26. The van der Waals surface area contributed by atoms with Crippen molar-refractivity contribution in [3.05, 3.63) is 84.4 Å². The Labute approximate surface area is 174 Å². The third-order valence-electron chi connectivity index (χ3n) is 4.26. The highest BCUT2D eigenvalue weighted by Crippen LogP contribution is 2.29. The predicted molar refractivity (Wildman–Crippen MR) is 113 cm³/mol. The summed E-state index contributed by atoms with van der Waals surface area (Å²) in [5.74, 6) is -0.644. The molecule has 1 amide bonds. The first-order valence-corrected chi connectivity index (χ1v) is 9.36. The first kappa shape index (κ1) is 20.8. The van der Waals surface area contributed by atoms with Gasteiger partial charge >= 0.3 is 5.97 Å². The summed E-state index contributed by atoms with van der Waals surface area (Å²) in [7, 11) is 0. The summed E-state index contributed by atoms with van der Waals surface area (Å²) in [5.41, 5.74) is 2.88. The number of ketones is 1. The molecule has 3 rings (SSSR count). The van der Waals surface area contributed by atoms with Crippen LogP contribution < -0.4 is 10.1 Å². The molecule has 0 bridgehead atoms. The van der Waals surface area contributed by atoms with Gasteiger partial charge in [-0.3, -0.25) is 9.59 Å². The molecule has 0 aromatic heterocycles. The van der Waals surface area contributed by atoms with E-state index in [1.165, 1.54) is 6.92 Å². The molecule has 152 valence electrons. The minimum atomic E-state index is -0.653. The molecule has 3 aromatic rings. The van der Waals surface area contributed by atoms with Crippen LogP contribution >= 0.6 is 0 Å². The van der Waals surface area contributed by atoms with Gasteiger partial charge in [0.25, 0.3) is 5.91 Å². The van der Waals surface area contributed by atoms with Crippen LogP contribution in [0, 0.1) is 0 Å². The maximum atomic E-state index is 12.0. The van der Waals surface area contributed by atoms with Crippen molar-refractivity contribution in [2.45, 2.75) is 6.92 Å². The summed E-state index contributed by atoms with van der Waals surface area (Å²) < 4.78 is 10.6. The molecule has 0 heterocycles. The molecule has 1 N–H and O–H groups in total. The fraction of sp³-hybridized carbons (Fsp3) is 0.125. The number of rotatable bonds is 8. The summed E-state index contributed by atoms with van der Waals surface area (Å²) >= 11 is 0. The fourth-order valence-electron chi connectivity index (χ4n) is 2.76. The van der Waals surface area contributed by atoms with Gasteiger partial charge in [0.15, 0.2) is 19.0 Å². The fourth-order valence-corrected chi connectivity index (χ4v) is 2.76. The van der Waals surface area contributed by atoms with E-state index in [1.54, 1.807) is 30.3 Å². The molecule has 30 heavy (non-hydrogen) atoms. The highest BCUT2D eigenvalue weighted by Gasteiger charge is 2.11. The molecule has 0 saturated heterocycles. The summed E-state index contributed by atoms with van der Waals surface area (Å²) in [6.45, 7) is 0.717. The van der Waals surface area contributed by atoms with Crippen LogP contribution in [0.1, 0.15) is 17.3 Å². The van der Waals surface area contributed by atoms with Crippen LogP contribution in [-0.4, -0.2) is 30.9 Å². The molecule has 0 atom stereocenters. The van der Waals surface area contributed by atoms with Crippen LogP contribution in [0.25, 0.3) is 11.1 Å². The zero-order valence-corrected chi connectivity index (χ0v) is 16.5. The van der Waals surface area contributed by atoms with Gasteiger partial charge in [-0.05, 0) is 42.8 Å². The summed E-state index contributed by atoms with van der Waals surface area (Å²) in [4.78, 5) is 35.2. The molecule has 0 saturated carbocycles. The Morgan fingerprint density at radius 1 is 0.800 bits per heavy atom. The summed E-state index contributed by atoms with van der Waals surface area (Å²) in [6.07, 6.45) is 0. The smallest absolute Gasteiger partial charge is 0.344 e. The number of para-hydroxylation sites is 1. The van der Waals surface area contributed by atoms with Crippen molar-refractivity contribution in [1.29, 1.82) is 0 Å². The molecular formula is C24H21NO5. The topological polar surface area (TPSA) is 81.7 Å². The first-order chi connectivity index (χ1) is 14.5. The molecule has 0 aliphatic heterocycles. The van der Waals surface area contributed by atoms with Crippen LogP contribution in [0.4, 0.5) is 5.69 Å². The second-order valence-electron chi connectivity index (χ2n) is 6.49. The average Bonchev–Trinajstić information content (AvgIpc) is 2.77. The largest absolute Gasteiger partial charge is 0.481 e. The molecule has 0 radical (unpaired) electrons. The van der Waals surface area contributed by atoms with Gasteiger partial charge in [-0.2, -0.15) is 0 Å². The van der Waals surface area contributed by atoms with Crippen LogP contribution in [0.15, 0.2) is 78.9 Å². The molecule has 0 fully saturated rings. The van der Waals surface area contributed by atoms with Crippen molar-refractivity contribution in [3.63, 3.8) is 0 Å². The van der Waals surface area contributed by atoms with E-state index in [4.69, 9.17) is 9.47 Å². The lowest BCUT2D eigenvalue weighted by Crippen LogP contribution is -2.23.